The first-order chi connectivity index (χ1) is 7.06. The van der Waals surface area contributed by atoms with Gasteiger partial charge in [0.1, 0.15) is 6.61 Å². The van der Waals surface area contributed by atoms with Crippen LogP contribution >= 0.6 is 7.82 Å². The second-order valence-electron chi connectivity index (χ2n) is 3.13. The van der Waals surface area contributed by atoms with Crippen LogP contribution < -0.4 is 0 Å². The van der Waals surface area contributed by atoms with E-state index in [0.29, 0.717) is 0 Å². The highest BCUT2D eigenvalue weighted by Gasteiger charge is 2.59. The summed E-state index contributed by atoms with van der Waals surface area (Å²) in [6, 6.07) is 0. The quantitative estimate of drug-likeness (QED) is 0.584. The van der Waals surface area contributed by atoms with Crippen molar-refractivity contribution in [1.29, 1.82) is 0 Å². The molecule has 2 atom stereocenters. The molecule has 1 rings (SSSR count). The molecule has 0 aromatic rings. The summed E-state index contributed by atoms with van der Waals surface area (Å²) in [5.74, 6) is -5.09. The smallest absolute Gasteiger partial charge is 0.284 e. The number of hydrogen-bond donors (Lipinski definition) is 0. The van der Waals surface area contributed by atoms with Gasteiger partial charge in [0.05, 0.1) is 12.7 Å². The van der Waals surface area contributed by atoms with E-state index in [2.05, 4.69) is 13.6 Å². The molecule has 0 aromatic heterocycles. The van der Waals surface area contributed by atoms with Gasteiger partial charge in [0, 0.05) is 0 Å². The van der Waals surface area contributed by atoms with Gasteiger partial charge in [0.15, 0.2) is 0 Å². The molecule has 0 radical (unpaired) electrons. The van der Waals surface area contributed by atoms with Crippen molar-refractivity contribution in [3.8, 4) is 0 Å². The first-order valence-electron chi connectivity index (χ1n) is 4.08. The minimum atomic E-state index is -5.77. The lowest BCUT2D eigenvalue weighted by Crippen LogP contribution is -2.40. The molecule has 4 nitrogen and oxygen atoms in total. The molecule has 0 amide bonds. The monoisotopic (exact) mass is 270 g/mol. The third-order valence-corrected chi connectivity index (χ3v) is 3.12. The second kappa shape index (κ2) is 4.21. The summed E-state index contributed by atoms with van der Waals surface area (Å²) in [6.07, 6.45) is -6.44. The Balaban J connectivity index is 2.55. The Labute approximate surface area is 87.3 Å². The maximum absolute atomic E-state index is 12.4. The molecule has 0 bridgehead atoms. The molecule has 0 N–H and O–H groups in total. The zero-order chi connectivity index (χ0) is 12.6. The van der Waals surface area contributed by atoms with Crippen LogP contribution in [0.25, 0.3) is 0 Å². The lowest BCUT2D eigenvalue weighted by Gasteiger charge is -2.20. The van der Waals surface area contributed by atoms with Gasteiger partial charge in [-0.15, -0.1) is 0 Å². The van der Waals surface area contributed by atoms with E-state index >= 15 is 0 Å². The Morgan fingerprint density at radius 3 is 2.31 bits per heavy atom. The maximum Gasteiger partial charge on any atom is 0.475 e. The van der Waals surface area contributed by atoms with E-state index in [1.54, 1.807) is 0 Å². The molecule has 1 aliphatic heterocycles. The van der Waals surface area contributed by atoms with Gasteiger partial charge in [-0.25, -0.2) is 4.57 Å². The first kappa shape index (κ1) is 13.8. The summed E-state index contributed by atoms with van der Waals surface area (Å²) >= 11 is 0. The van der Waals surface area contributed by atoms with Crippen molar-refractivity contribution in [3.05, 3.63) is 0 Å². The third-order valence-electron chi connectivity index (χ3n) is 1.60. The molecule has 0 spiro atoms. The van der Waals surface area contributed by atoms with Gasteiger partial charge in [-0.2, -0.15) is 22.0 Å². The van der Waals surface area contributed by atoms with Crippen molar-refractivity contribution in [1.82, 2.24) is 0 Å². The number of rotatable bonds is 3. The van der Waals surface area contributed by atoms with Crippen molar-refractivity contribution in [2.75, 3.05) is 13.2 Å². The number of phosphoric acid groups is 1. The maximum atomic E-state index is 12.4. The topological polar surface area (TPSA) is 44.8 Å². The van der Waals surface area contributed by atoms with Crippen LogP contribution in [0.1, 0.15) is 6.92 Å². The van der Waals surface area contributed by atoms with E-state index in [1.807, 2.05) is 0 Å². The van der Waals surface area contributed by atoms with Crippen LogP contribution in [-0.2, 0) is 18.1 Å². The highest BCUT2D eigenvalue weighted by atomic mass is 31.2. The van der Waals surface area contributed by atoms with Gasteiger partial charge in [-0.1, -0.05) is 0 Å². The molecule has 0 aromatic carbocycles. The van der Waals surface area contributed by atoms with Gasteiger partial charge in [0.2, 0.25) is 0 Å². The number of halogens is 5. The van der Waals surface area contributed by atoms with Crippen LogP contribution in [-0.4, -0.2) is 31.4 Å². The van der Waals surface area contributed by atoms with Crippen LogP contribution in [0.5, 0.6) is 0 Å². The molecule has 96 valence electrons. The van der Waals surface area contributed by atoms with Crippen molar-refractivity contribution < 1.29 is 40.1 Å². The van der Waals surface area contributed by atoms with Gasteiger partial charge in [-0.3, -0.25) is 13.6 Å². The first-order valence-corrected chi connectivity index (χ1v) is 5.54. The van der Waals surface area contributed by atoms with Crippen molar-refractivity contribution in [2.45, 2.75) is 25.1 Å². The Morgan fingerprint density at radius 2 is 1.94 bits per heavy atom. The normalized spacial score (nSPS) is 32.0. The van der Waals surface area contributed by atoms with E-state index in [0.717, 1.165) is 0 Å². The van der Waals surface area contributed by atoms with E-state index in [1.165, 1.54) is 6.92 Å². The SMILES string of the molecule is CC1COP(=O)(OCC(F)(F)C(F)(F)F)O1. The second-order valence-corrected chi connectivity index (χ2v) is 4.76. The molecule has 1 fully saturated rings. The Hall–Kier alpha value is -0.240. The molecule has 1 heterocycles. The van der Waals surface area contributed by atoms with Gasteiger partial charge in [0.25, 0.3) is 0 Å². The largest absolute Gasteiger partial charge is 0.475 e. The molecule has 10 heteroatoms. The fourth-order valence-electron chi connectivity index (χ4n) is 0.787. The van der Waals surface area contributed by atoms with Crippen molar-refractivity contribution in [3.63, 3.8) is 0 Å². The average molecular weight is 270 g/mol. The summed E-state index contributed by atoms with van der Waals surface area (Å²) < 4.78 is 83.8. The summed E-state index contributed by atoms with van der Waals surface area (Å²) in [6.45, 7) is -0.875. The highest BCUT2D eigenvalue weighted by molar-refractivity contribution is 7.48. The minimum Gasteiger partial charge on any atom is -0.284 e. The Bertz CT molecular complexity index is 304. The molecule has 2 unspecified atom stereocenters. The lowest BCUT2D eigenvalue weighted by molar-refractivity contribution is -0.290. The Morgan fingerprint density at radius 1 is 1.38 bits per heavy atom. The van der Waals surface area contributed by atoms with E-state index in [4.69, 9.17) is 0 Å². The van der Waals surface area contributed by atoms with Crippen molar-refractivity contribution >= 4 is 7.82 Å². The zero-order valence-corrected chi connectivity index (χ0v) is 8.86. The number of hydrogen-bond acceptors (Lipinski definition) is 4. The van der Waals surface area contributed by atoms with Crippen LogP contribution in [0, 0.1) is 0 Å². The zero-order valence-electron chi connectivity index (χ0n) is 7.96. The summed E-state index contributed by atoms with van der Waals surface area (Å²) in [5, 5.41) is 0. The van der Waals surface area contributed by atoms with Crippen LogP contribution in [0.15, 0.2) is 0 Å². The summed E-state index contributed by atoms with van der Waals surface area (Å²) in [4.78, 5) is 0. The molecule has 1 aliphatic rings. The van der Waals surface area contributed by atoms with E-state index in [-0.39, 0.29) is 6.61 Å². The van der Waals surface area contributed by atoms with Gasteiger partial charge < -0.3 is 0 Å². The predicted octanol–water partition coefficient (Wildman–Crippen LogP) is 2.74. The molecule has 16 heavy (non-hydrogen) atoms. The summed E-state index contributed by atoms with van der Waals surface area (Å²) in [5.41, 5.74) is 0. The summed E-state index contributed by atoms with van der Waals surface area (Å²) in [7, 11) is -4.27. The predicted molar refractivity (Wildman–Crippen MR) is 41.1 cm³/mol. The fraction of sp³-hybridized carbons (Fsp3) is 1.00. The fourth-order valence-corrected chi connectivity index (χ4v) is 2.20. The van der Waals surface area contributed by atoms with Crippen LogP contribution in [0.4, 0.5) is 22.0 Å². The van der Waals surface area contributed by atoms with E-state index in [9.17, 15) is 26.5 Å². The van der Waals surface area contributed by atoms with Gasteiger partial charge >= 0.3 is 19.9 Å². The molecule has 0 aliphatic carbocycles. The average Bonchev–Trinajstić information content (AvgIpc) is 2.42. The molecule has 0 saturated carbocycles. The van der Waals surface area contributed by atoms with Crippen LogP contribution in [0.3, 0.4) is 0 Å². The Kier molecular flexibility index (Phi) is 3.64. The minimum absolute atomic E-state index is 0.186. The number of alkyl halides is 5. The molecular weight excluding hydrogens is 262 g/mol. The van der Waals surface area contributed by atoms with E-state index < -0.39 is 32.6 Å². The lowest BCUT2D eigenvalue weighted by atomic mass is 10.3. The van der Waals surface area contributed by atoms with Gasteiger partial charge in [-0.05, 0) is 6.92 Å². The molecule has 1 saturated heterocycles. The van der Waals surface area contributed by atoms with Crippen LogP contribution in [0.2, 0.25) is 0 Å². The van der Waals surface area contributed by atoms with Crippen molar-refractivity contribution in [2.24, 2.45) is 0 Å². The third kappa shape index (κ3) is 3.13. The molecular formula is C6H8F5O4P. The standard InChI is InChI=1S/C6H8F5O4P/c1-4-2-13-16(12,15-4)14-3-5(7,8)6(9,10)11/h4H,2-3H2,1H3. The highest BCUT2D eigenvalue weighted by Crippen LogP contribution is 2.56. The number of phosphoric ester groups is 1.